The number of amides is 1. The first-order valence-corrected chi connectivity index (χ1v) is 14.1. The van der Waals surface area contributed by atoms with Gasteiger partial charge in [0, 0.05) is 64.5 Å². The highest BCUT2D eigenvalue weighted by Crippen LogP contribution is 2.37. The Hall–Kier alpha value is -2.58. The van der Waals surface area contributed by atoms with E-state index in [2.05, 4.69) is 9.80 Å². The van der Waals surface area contributed by atoms with E-state index < -0.39 is 41.0 Å². The summed E-state index contributed by atoms with van der Waals surface area (Å²) in [6.45, 7) is 4.80. The van der Waals surface area contributed by atoms with Gasteiger partial charge in [0.05, 0.1) is 42.6 Å². The molecule has 4 rings (SSSR count). The second-order valence-corrected chi connectivity index (χ2v) is 11.1. The van der Waals surface area contributed by atoms with Crippen LogP contribution in [-0.4, -0.2) is 106 Å². The smallest absolute Gasteiger partial charge is 0.416 e. The van der Waals surface area contributed by atoms with E-state index in [1.807, 2.05) is 0 Å². The lowest BCUT2D eigenvalue weighted by Crippen LogP contribution is -2.57. The lowest BCUT2D eigenvalue weighted by Gasteiger charge is -2.43. The number of piperazine rings is 1. The molecule has 2 saturated heterocycles. The van der Waals surface area contributed by atoms with Crippen molar-refractivity contribution in [2.75, 3.05) is 73.2 Å². The van der Waals surface area contributed by atoms with E-state index in [9.17, 15) is 31.1 Å². The molecule has 238 valence electrons. The van der Waals surface area contributed by atoms with E-state index in [1.54, 1.807) is 25.3 Å². The molecule has 0 N–H and O–H groups in total. The van der Waals surface area contributed by atoms with E-state index >= 15 is 0 Å². The van der Waals surface area contributed by atoms with Gasteiger partial charge in [-0.2, -0.15) is 26.3 Å². The molecular formula is C29H34ClF6N3O4. The van der Waals surface area contributed by atoms with Crippen LogP contribution in [0.1, 0.15) is 27.0 Å². The lowest BCUT2D eigenvalue weighted by atomic mass is 9.99. The molecule has 0 aromatic heterocycles. The molecule has 1 amide bonds. The summed E-state index contributed by atoms with van der Waals surface area (Å²) in [5, 5.41) is 0.380. The van der Waals surface area contributed by atoms with Gasteiger partial charge < -0.3 is 19.1 Å². The van der Waals surface area contributed by atoms with Crippen molar-refractivity contribution in [1.29, 1.82) is 0 Å². The van der Waals surface area contributed by atoms with Gasteiger partial charge in [0.1, 0.15) is 5.75 Å². The third-order valence-corrected chi connectivity index (χ3v) is 7.97. The molecule has 0 unspecified atom stereocenters. The summed E-state index contributed by atoms with van der Waals surface area (Å²) in [4.78, 5) is 19.4. The number of alkyl halides is 6. The largest absolute Gasteiger partial charge is 0.495 e. The number of carbonyl (C=O) groups excluding carboxylic acids is 1. The van der Waals surface area contributed by atoms with Crippen molar-refractivity contribution in [2.24, 2.45) is 0 Å². The molecule has 2 aromatic rings. The molecule has 7 nitrogen and oxygen atoms in total. The third-order valence-electron chi connectivity index (χ3n) is 7.66. The third kappa shape index (κ3) is 8.75. The van der Waals surface area contributed by atoms with Gasteiger partial charge in [-0.15, -0.1) is 0 Å². The molecule has 2 fully saturated rings. The summed E-state index contributed by atoms with van der Waals surface area (Å²) < 4.78 is 97.4. The maximum absolute atomic E-state index is 13.6. The summed E-state index contributed by atoms with van der Waals surface area (Å²) in [7, 11) is 3.07. The average Bonchev–Trinajstić information content (AvgIpc) is 2.96. The second kappa shape index (κ2) is 14.0. The molecule has 14 heteroatoms. The van der Waals surface area contributed by atoms with Crippen LogP contribution in [0.3, 0.4) is 0 Å². The van der Waals surface area contributed by atoms with E-state index in [0.717, 1.165) is 18.7 Å². The highest BCUT2D eigenvalue weighted by Gasteiger charge is 2.39. The highest BCUT2D eigenvalue weighted by atomic mass is 35.5. The summed E-state index contributed by atoms with van der Waals surface area (Å²) in [6, 6.07) is 5.56. The molecule has 0 aliphatic carbocycles. The predicted octanol–water partition coefficient (Wildman–Crippen LogP) is 5.10. The number of halogens is 7. The van der Waals surface area contributed by atoms with Crippen LogP contribution < -0.4 is 4.74 Å². The number of rotatable bonds is 9. The molecule has 0 bridgehead atoms. The SMILES string of the molecule is COC[C@@H]1CN(CCN2CCN(C(=O)c3cc(C(F)(F)F)cc(C(F)(F)F)c3)[C@H](Cc3ccc(Cl)c(OC)c3)C2)CCO1. The van der Waals surface area contributed by atoms with Gasteiger partial charge in [0.2, 0.25) is 0 Å². The number of methoxy groups -OCH3 is 2. The topological polar surface area (TPSA) is 54.5 Å². The van der Waals surface area contributed by atoms with Crippen molar-refractivity contribution < 1.29 is 45.3 Å². The number of morpholine rings is 1. The van der Waals surface area contributed by atoms with Crippen LogP contribution in [0.15, 0.2) is 36.4 Å². The maximum Gasteiger partial charge on any atom is 0.416 e. The Morgan fingerprint density at radius 1 is 0.930 bits per heavy atom. The van der Waals surface area contributed by atoms with E-state index in [0.29, 0.717) is 62.3 Å². The molecule has 2 heterocycles. The fourth-order valence-electron chi connectivity index (χ4n) is 5.47. The Labute approximate surface area is 251 Å². The first-order chi connectivity index (χ1) is 20.3. The van der Waals surface area contributed by atoms with Gasteiger partial charge in [-0.05, 0) is 42.3 Å². The molecular weight excluding hydrogens is 604 g/mol. The fraction of sp³-hybridized carbons (Fsp3) is 0.552. The van der Waals surface area contributed by atoms with Crippen molar-refractivity contribution >= 4 is 17.5 Å². The Bertz CT molecular complexity index is 1230. The number of ether oxygens (including phenoxy) is 3. The van der Waals surface area contributed by atoms with E-state index in [-0.39, 0.29) is 25.1 Å². The number of carbonyl (C=O) groups is 1. The normalized spacial score (nSPS) is 20.8. The molecule has 2 atom stereocenters. The first kappa shape index (κ1) is 33.3. The zero-order chi connectivity index (χ0) is 31.4. The van der Waals surface area contributed by atoms with Crippen LogP contribution in [0.5, 0.6) is 5.75 Å². The quantitative estimate of drug-likeness (QED) is 0.357. The minimum Gasteiger partial charge on any atom is -0.495 e. The van der Waals surface area contributed by atoms with Crippen LogP contribution in [0, 0.1) is 0 Å². The number of benzene rings is 2. The Morgan fingerprint density at radius 3 is 2.19 bits per heavy atom. The van der Waals surface area contributed by atoms with Gasteiger partial charge in [-0.3, -0.25) is 14.6 Å². The zero-order valence-corrected chi connectivity index (χ0v) is 24.6. The van der Waals surface area contributed by atoms with Gasteiger partial charge in [0.15, 0.2) is 0 Å². The monoisotopic (exact) mass is 637 g/mol. The minimum atomic E-state index is -5.06. The first-order valence-electron chi connectivity index (χ1n) is 13.8. The summed E-state index contributed by atoms with van der Waals surface area (Å²) in [5.41, 5.74) is -2.96. The molecule has 0 spiro atoms. The Balaban J connectivity index is 1.57. The fourth-order valence-corrected chi connectivity index (χ4v) is 5.66. The van der Waals surface area contributed by atoms with Crippen molar-refractivity contribution in [2.45, 2.75) is 30.9 Å². The standard InChI is InChI=1S/C29H34ClF6N3O4/c1-41-18-24-17-38(9-10-43-24)6-5-37-7-8-39(23(16-37)11-19-3-4-25(30)26(12-19)42-2)27(40)20-13-21(28(31,32)33)15-22(14-20)29(34,35)36/h3-4,12-15,23-24H,5-11,16-18H2,1-2H3/t23-,24+/m1/s1. The Morgan fingerprint density at radius 2 is 1.58 bits per heavy atom. The van der Waals surface area contributed by atoms with Crippen molar-refractivity contribution in [3.63, 3.8) is 0 Å². The van der Waals surface area contributed by atoms with Crippen molar-refractivity contribution in [3.05, 3.63) is 63.7 Å². The average molecular weight is 638 g/mol. The zero-order valence-electron chi connectivity index (χ0n) is 23.8. The number of hydrogen-bond donors (Lipinski definition) is 0. The highest BCUT2D eigenvalue weighted by molar-refractivity contribution is 6.32. The van der Waals surface area contributed by atoms with Crippen molar-refractivity contribution in [3.8, 4) is 5.75 Å². The lowest BCUT2D eigenvalue weighted by molar-refractivity contribution is -0.143. The van der Waals surface area contributed by atoms with Crippen LogP contribution in [0.2, 0.25) is 5.02 Å². The summed E-state index contributed by atoms with van der Waals surface area (Å²) in [5.74, 6) is -0.479. The van der Waals surface area contributed by atoms with Crippen LogP contribution in [0.4, 0.5) is 26.3 Å². The van der Waals surface area contributed by atoms with E-state index in [4.69, 9.17) is 25.8 Å². The van der Waals surface area contributed by atoms with Gasteiger partial charge >= 0.3 is 12.4 Å². The summed E-state index contributed by atoms with van der Waals surface area (Å²) in [6.07, 6.45) is -9.87. The molecule has 0 radical (unpaired) electrons. The van der Waals surface area contributed by atoms with Crippen molar-refractivity contribution in [1.82, 2.24) is 14.7 Å². The summed E-state index contributed by atoms with van der Waals surface area (Å²) >= 11 is 6.17. The molecule has 2 aliphatic heterocycles. The van der Waals surface area contributed by atoms with Gasteiger partial charge in [-0.25, -0.2) is 0 Å². The van der Waals surface area contributed by atoms with Gasteiger partial charge in [-0.1, -0.05) is 17.7 Å². The van der Waals surface area contributed by atoms with Gasteiger partial charge in [0.25, 0.3) is 5.91 Å². The molecule has 2 aromatic carbocycles. The maximum atomic E-state index is 13.6. The van der Waals surface area contributed by atoms with E-state index in [1.165, 1.54) is 12.0 Å². The molecule has 0 saturated carbocycles. The second-order valence-electron chi connectivity index (χ2n) is 10.7. The minimum absolute atomic E-state index is 0.0228. The Kier molecular flexibility index (Phi) is 10.9. The molecule has 2 aliphatic rings. The van der Waals surface area contributed by atoms with Crippen LogP contribution >= 0.6 is 11.6 Å². The number of hydrogen-bond acceptors (Lipinski definition) is 6. The molecule has 43 heavy (non-hydrogen) atoms. The predicted molar refractivity (Wildman–Crippen MR) is 147 cm³/mol. The van der Waals surface area contributed by atoms with Crippen LogP contribution in [0.25, 0.3) is 0 Å². The number of nitrogens with zero attached hydrogens (tertiary/aromatic N) is 3. The van der Waals surface area contributed by atoms with Crippen LogP contribution in [-0.2, 0) is 28.2 Å².